The van der Waals surface area contributed by atoms with Crippen LogP contribution in [-0.2, 0) is 0 Å². The van der Waals surface area contributed by atoms with Gasteiger partial charge in [0.2, 0.25) is 0 Å². The molecule has 4 heteroatoms. The quantitative estimate of drug-likeness (QED) is 0.545. The fourth-order valence-corrected chi connectivity index (χ4v) is 1.46. The number of aromatic hydroxyl groups is 1. The van der Waals surface area contributed by atoms with E-state index in [1.54, 1.807) is 18.2 Å². The normalized spacial score (nSPS) is 9.88. The highest BCUT2D eigenvalue weighted by Gasteiger charge is 2.12. The number of nitrogen functional groups attached to an aromatic ring is 1. The van der Waals surface area contributed by atoms with E-state index in [-0.39, 0.29) is 22.9 Å². The van der Waals surface area contributed by atoms with Crippen LogP contribution in [0.2, 0.25) is 0 Å². The maximum Gasteiger partial charge on any atom is 0.259 e. The first-order valence-electron chi connectivity index (χ1n) is 5.12. The molecule has 0 aliphatic carbocycles. The SMILES string of the molecule is Nc1cccc(C(=O)Nc2ccccc2)c1O. The molecule has 0 atom stereocenters. The second-order valence-corrected chi connectivity index (χ2v) is 3.56. The molecule has 4 nitrogen and oxygen atoms in total. The summed E-state index contributed by atoms with van der Waals surface area (Å²) >= 11 is 0. The van der Waals surface area contributed by atoms with Gasteiger partial charge in [0.1, 0.15) is 0 Å². The number of carbonyl (C=O) groups excluding carboxylic acids is 1. The summed E-state index contributed by atoms with van der Waals surface area (Å²) in [6, 6.07) is 13.7. The molecule has 0 heterocycles. The van der Waals surface area contributed by atoms with Crippen LogP contribution in [-0.4, -0.2) is 11.0 Å². The molecule has 0 unspecified atom stereocenters. The van der Waals surface area contributed by atoms with Crippen LogP contribution in [0, 0.1) is 0 Å². The second kappa shape index (κ2) is 4.57. The van der Waals surface area contributed by atoms with Gasteiger partial charge < -0.3 is 16.2 Å². The molecule has 0 fully saturated rings. The third kappa shape index (κ3) is 2.36. The van der Waals surface area contributed by atoms with Crippen LogP contribution in [0.25, 0.3) is 0 Å². The number of nitrogens with two attached hydrogens (primary N) is 1. The van der Waals surface area contributed by atoms with Crippen molar-refractivity contribution < 1.29 is 9.90 Å². The molecule has 2 aromatic carbocycles. The Morgan fingerprint density at radius 1 is 1.06 bits per heavy atom. The average Bonchev–Trinajstić information content (AvgIpc) is 2.34. The highest BCUT2D eigenvalue weighted by atomic mass is 16.3. The summed E-state index contributed by atoms with van der Waals surface area (Å²) < 4.78 is 0. The van der Waals surface area contributed by atoms with Crippen LogP contribution in [0.3, 0.4) is 0 Å². The van der Waals surface area contributed by atoms with E-state index in [2.05, 4.69) is 5.32 Å². The minimum Gasteiger partial charge on any atom is -0.505 e. The Kier molecular flexibility index (Phi) is 2.96. The summed E-state index contributed by atoms with van der Waals surface area (Å²) in [6.45, 7) is 0. The Balaban J connectivity index is 2.24. The molecule has 0 aromatic heterocycles. The predicted octanol–water partition coefficient (Wildman–Crippen LogP) is 2.23. The van der Waals surface area contributed by atoms with Crippen molar-refractivity contribution in [1.29, 1.82) is 0 Å². The lowest BCUT2D eigenvalue weighted by Gasteiger charge is -2.07. The van der Waals surface area contributed by atoms with Crippen molar-refractivity contribution in [3.8, 4) is 5.75 Å². The van der Waals surface area contributed by atoms with Crippen molar-refractivity contribution >= 4 is 17.3 Å². The van der Waals surface area contributed by atoms with E-state index < -0.39 is 0 Å². The summed E-state index contributed by atoms with van der Waals surface area (Å²) in [5.41, 5.74) is 6.53. The molecule has 2 aromatic rings. The fourth-order valence-electron chi connectivity index (χ4n) is 1.46. The third-order valence-corrected chi connectivity index (χ3v) is 2.34. The number of rotatable bonds is 2. The first-order chi connectivity index (χ1) is 8.18. The fraction of sp³-hybridized carbons (Fsp3) is 0. The van der Waals surface area contributed by atoms with Crippen LogP contribution >= 0.6 is 0 Å². The van der Waals surface area contributed by atoms with Gasteiger partial charge in [-0.2, -0.15) is 0 Å². The number of phenolic OH excluding ortho intramolecular Hbond substituents is 1. The van der Waals surface area contributed by atoms with Gasteiger partial charge >= 0.3 is 0 Å². The van der Waals surface area contributed by atoms with Gasteiger partial charge in [-0.3, -0.25) is 4.79 Å². The van der Waals surface area contributed by atoms with Crippen LogP contribution in [0.4, 0.5) is 11.4 Å². The molecule has 1 amide bonds. The van der Waals surface area contributed by atoms with Crippen molar-refractivity contribution in [3.63, 3.8) is 0 Å². The highest BCUT2D eigenvalue weighted by Crippen LogP contribution is 2.25. The summed E-state index contributed by atoms with van der Waals surface area (Å²) in [5.74, 6) is -0.582. The predicted molar refractivity (Wildman–Crippen MR) is 66.9 cm³/mol. The van der Waals surface area contributed by atoms with E-state index in [1.165, 1.54) is 12.1 Å². The number of nitrogens with one attached hydrogen (secondary N) is 1. The smallest absolute Gasteiger partial charge is 0.259 e. The molecule has 4 N–H and O–H groups in total. The monoisotopic (exact) mass is 228 g/mol. The lowest BCUT2D eigenvalue weighted by atomic mass is 10.1. The van der Waals surface area contributed by atoms with Crippen LogP contribution < -0.4 is 11.1 Å². The molecule has 0 radical (unpaired) electrons. The first kappa shape index (κ1) is 11.0. The van der Waals surface area contributed by atoms with Gasteiger partial charge in [-0.15, -0.1) is 0 Å². The number of amides is 1. The number of hydrogen-bond donors (Lipinski definition) is 3. The van der Waals surface area contributed by atoms with E-state index in [0.29, 0.717) is 5.69 Å². The van der Waals surface area contributed by atoms with E-state index in [4.69, 9.17) is 5.73 Å². The molecule has 86 valence electrons. The van der Waals surface area contributed by atoms with Crippen LogP contribution in [0.5, 0.6) is 5.75 Å². The van der Waals surface area contributed by atoms with Crippen molar-refractivity contribution in [2.45, 2.75) is 0 Å². The van der Waals surface area contributed by atoms with Crippen molar-refractivity contribution in [2.75, 3.05) is 11.1 Å². The maximum absolute atomic E-state index is 11.9. The topological polar surface area (TPSA) is 75.4 Å². The van der Waals surface area contributed by atoms with Crippen molar-refractivity contribution in [3.05, 3.63) is 54.1 Å². The van der Waals surface area contributed by atoms with Gasteiger partial charge in [-0.25, -0.2) is 0 Å². The summed E-state index contributed by atoms with van der Waals surface area (Å²) in [4.78, 5) is 11.9. The zero-order chi connectivity index (χ0) is 12.3. The van der Waals surface area contributed by atoms with Gasteiger partial charge in [0.25, 0.3) is 5.91 Å². The number of anilines is 2. The standard InChI is InChI=1S/C13H12N2O2/c14-11-8-4-7-10(12(11)16)13(17)15-9-5-2-1-3-6-9/h1-8,16H,14H2,(H,15,17). The van der Waals surface area contributed by atoms with E-state index in [9.17, 15) is 9.90 Å². The number of phenols is 1. The number of benzene rings is 2. The van der Waals surface area contributed by atoms with Crippen LogP contribution in [0.1, 0.15) is 10.4 Å². The Bertz CT molecular complexity index is 538. The zero-order valence-corrected chi connectivity index (χ0v) is 9.05. The Morgan fingerprint density at radius 3 is 2.47 bits per heavy atom. The summed E-state index contributed by atoms with van der Waals surface area (Å²) in [5, 5.41) is 12.3. The maximum atomic E-state index is 11.9. The molecule has 0 aliphatic heterocycles. The molecule has 0 saturated heterocycles. The molecular weight excluding hydrogens is 216 g/mol. The highest BCUT2D eigenvalue weighted by molar-refractivity contribution is 6.07. The molecule has 17 heavy (non-hydrogen) atoms. The summed E-state index contributed by atoms with van der Waals surface area (Å²) in [7, 11) is 0. The average molecular weight is 228 g/mol. The molecule has 2 rings (SSSR count). The number of para-hydroxylation sites is 2. The molecular formula is C13H12N2O2. The summed E-state index contributed by atoms with van der Waals surface area (Å²) in [6.07, 6.45) is 0. The lowest BCUT2D eigenvalue weighted by Crippen LogP contribution is -2.12. The lowest BCUT2D eigenvalue weighted by molar-refractivity contribution is 0.102. The minimum absolute atomic E-state index is 0.161. The zero-order valence-electron chi connectivity index (χ0n) is 9.05. The van der Waals surface area contributed by atoms with Crippen molar-refractivity contribution in [1.82, 2.24) is 0 Å². The van der Waals surface area contributed by atoms with E-state index in [1.807, 2.05) is 18.2 Å². The van der Waals surface area contributed by atoms with Gasteiger partial charge in [0.15, 0.2) is 5.75 Å². The van der Waals surface area contributed by atoms with Gasteiger partial charge in [-0.1, -0.05) is 24.3 Å². The number of carbonyl (C=O) groups is 1. The van der Waals surface area contributed by atoms with E-state index >= 15 is 0 Å². The van der Waals surface area contributed by atoms with Gasteiger partial charge in [0, 0.05) is 5.69 Å². The Morgan fingerprint density at radius 2 is 1.76 bits per heavy atom. The second-order valence-electron chi connectivity index (χ2n) is 3.56. The Labute approximate surface area is 98.7 Å². The largest absolute Gasteiger partial charge is 0.505 e. The van der Waals surface area contributed by atoms with Gasteiger partial charge in [0.05, 0.1) is 11.3 Å². The molecule has 0 aliphatic rings. The van der Waals surface area contributed by atoms with Crippen molar-refractivity contribution in [2.24, 2.45) is 0 Å². The molecule has 0 spiro atoms. The molecule has 0 bridgehead atoms. The number of hydrogen-bond acceptors (Lipinski definition) is 3. The first-order valence-corrected chi connectivity index (χ1v) is 5.12. The van der Waals surface area contributed by atoms with Gasteiger partial charge in [-0.05, 0) is 24.3 Å². The molecule has 0 saturated carbocycles. The van der Waals surface area contributed by atoms with Crippen LogP contribution in [0.15, 0.2) is 48.5 Å². The third-order valence-electron chi connectivity index (χ3n) is 2.34. The minimum atomic E-state index is -0.388. The Hall–Kier alpha value is -2.49. The van der Waals surface area contributed by atoms with E-state index in [0.717, 1.165) is 0 Å².